The second kappa shape index (κ2) is 13.7. The van der Waals surface area contributed by atoms with Crippen molar-refractivity contribution in [2.45, 2.75) is 40.4 Å². The minimum atomic E-state index is -1.12. The Morgan fingerprint density at radius 2 is 1.81 bits per heavy atom. The van der Waals surface area contributed by atoms with Crippen LogP contribution in [0.1, 0.15) is 47.1 Å². The molecule has 1 N–H and O–H groups in total. The van der Waals surface area contributed by atoms with Crippen LogP contribution < -0.4 is 14.9 Å². The third-order valence-corrected chi connectivity index (χ3v) is 6.45. The third kappa shape index (κ3) is 7.60. The standard InChI is InChI=1S/C30H29ClN4O8/c1-5-40-30(37)20(4)42-28-25(31)14-21(15-26(28)35(38)39)16-32-33-29(36)27-13-12-24(43-27)17-41-23-10-8-22(9-11-23)34-18(2)6-7-19(34)3/h6-16,20H,5,17H2,1-4H3,(H,33,36)/b32-16+/t20-/m0/s1. The van der Waals surface area contributed by atoms with Gasteiger partial charge in [0.05, 0.1) is 22.8 Å². The summed E-state index contributed by atoms with van der Waals surface area (Å²) in [5.74, 6) is -0.580. The zero-order chi connectivity index (χ0) is 31.1. The average molecular weight is 609 g/mol. The number of ether oxygens (including phenoxy) is 3. The summed E-state index contributed by atoms with van der Waals surface area (Å²) in [6.07, 6.45) is 0.0470. The van der Waals surface area contributed by atoms with E-state index in [1.165, 1.54) is 25.3 Å². The first-order valence-electron chi connectivity index (χ1n) is 13.2. The lowest BCUT2D eigenvalue weighted by Crippen LogP contribution is -2.26. The molecular formula is C30H29ClN4O8. The van der Waals surface area contributed by atoms with Crippen molar-refractivity contribution in [3.05, 3.63) is 104 Å². The number of aryl methyl sites for hydroxylation is 2. The molecule has 0 bridgehead atoms. The number of esters is 1. The highest BCUT2D eigenvalue weighted by atomic mass is 35.5. The number of benzene rings is 2. The SMILES string of the molecule is CCOC(=O)[C@H](C)Oc1c(Cl)cc(/C=N/NC(=O)c2ccc(COc3ccc(-n4c(C)ccc4C)cc3)o2)cc1[N+](=O)[O-]. The van der Waals surface area contributed by atoms with Crippen LogP contribution in [-0.4, -0.2) is 40.3 Å². The highest BCUT2D eigenvalue weighted by molar-refractivity contribution is 6.32. The van der Waals surface area contributed by atoms with Crippen molar-refractivity contribution in [3.8, 4) is 17.2 Å². The number of nitro groups is 1. The lowest BCUT2D eigenvalue weighted by atomic mass is 10.2. The average Bonchev–Trinajstić information content (AvgIpc) is 3.59. The van der Waals surface area contributed by atoms with E-state index in [9.17, 15) is 19.7 Å². The molecule has 4 aromatic rings. The predicted molar refractivity (Wildman–Crippen MR) is 158 cm³/mol. The van der Waals surface area contributed by atoms with Gasteiger partial charge in [-0.2, -0.15) is 5.10 Å². The van der Waals surface area contributed by atoms with Crippen molar-refractivity contribution in [1.29, 1.82) is 0 Å². The van der Waals surface area contributed by atoms with E-state index >= 15 is 0 Å². The quantitative estimate of drug-likeness (QED) is 0.0901. The molecule has 0 spiro atoms. The van der Waals surface area contributed by atoms with Gasteiger partial charge >= 0.3 is 17.6 Å². The molecular weight excluding hydrogens is 580 g/mol. The first-order valence-corrected chi connectivity index (χ1v) is 13.6. The Hall–Kier alpha value is -5.10. The second-order valence-corrected chi connectivity index (χ2v) is 9.73. The van der Waals surface area contributed by atoms with Crippen molar-refractivity contribution >= 4 is 35.4 Å². The van der Waals surface area contributed by atoms with Crippen LogP contribution in [0.2, 0.25) is 5.02 Å². The Morgan fingerprint density at radius 3 is 2.47 bits per heavy atom. The maximum Gasteiger partial charge on any atom is 0.347 e. The molecule has 2 aromatic heterocycles. The van der Waals surface area contributed by atoms with Crippen molar-refractivity contribution in [3.63, 3.8) is 0 Å². The highest BCUT2D eigenvalue weighted by Crippen LogP contribution is 2.36. The van der Waals surface area contributed by atoms with Gasteiger partial charge in [0, 0.05) is 28.7 Å². The molecule has 2 heterocycles. The minimum Gasteiger partial charge on any atom is -0.486 e. The zero-order valence-corrected chi connectivity index (χ0v) is 24.6. The molecule has 0 radical (unpaired) electrons. The monoisotopic (exact) mass is 608 g/mol. The van der Waals surface area contributed by atoms with Gasteiger partial charge in [-0.15, -0.1) is 0 Å². The van der Waals surface area contributed by atoms with Crippen LogP contribution in [0.4, 0.5) is 5.69 Å². The number of rotatable bonds is 12. The molecule has 0 saturated carbocycles. The fraction of sp³-hybridized carbons (Fsp3) is 0.233. The van der Waals surface area contributed by atoms with Crippen molar-refractivity contribution < 1.29 is 33.1 Å². The van der Waals surface area contributed by atoms with Gasteiger partial charge in [-0.25, -0.2) is 10.2 Å². The molecule has 0 aliphatic carbocycles. The lowest BCUT2D eigenvalue weighted by Gasteiger charge is -2.14. The summed E-state index contributed by atoms with van der Waals surface area (Å²) < 4.78 is 23.7. The zero-order valence-electron chi connectivity index (χ0n) is 23.8. The van der Waals surface area contributed by atoms with Gasteiger partial charge in [-0.1, -0.05) is 11.6 Å². The Balaban J connectivity index is 1.34. The summed E-state index contributed by atoms with van der Waals surface area (Å²) in [6.45, 7) is 7.32. The molecule has 0 fully saturated rings. The number of carbonyl (C=O) groups is 2. The number of nitrogens with zero attached hydrogens (tertiary/aromatic N) is 3. The molecule has 0 aliphatic heterocycles. The van der Waals surface area contributed by atoms with Crippen LogP contribution in [0.15, 0.2) is 70.2 Å². The number of nitro benzene ring substituents is 1. The fourth-order valence-corrected chi connectivity index (χ4v) is 4.40. The Labute approximate surface area is 252 Å². The molecule has 0 unspecified atom stereocenters. The molecule has 1 amide bonds. The molecule has 0 saturated heterocycles. The Kier molecular flexibility index (Phi) is 9.83. The van der Waals surface area contributed by atoms with E-state index < -0.39 is 28.6 Å². The summed E-state index contributed by atoms with van der Waals surface area (Å²) in [5, 5.41) is 15.3. The minimum absolute atomic E-state index is 0.00892. The van der Waals surface area contributed by atoms with Gasteiger partial charge in [0.25, 0.3) is 0 Å². The van der Waals surface area contributed by atoms with E-state index in [0.717, 1.165) is 23.1 Å². The number of hydrazone groups is 1. The summed E-state index contributed by atoms with van der Waals surface area (Å²) in [5.41, 5.74) is 5.30. The summed E-state index contributed by atoms with van der Waals surface area (Å²) in [4.78, 5) is 35.3. The molecule has 13 heteroatoms. The summed E-state index contributed by atoms with van der Waals surface area (Å²) >= 11 is 6.20. The van der Waals surface area contributed by atoms with E-state index in [2.05, 4.69) is 27.2 Å². The lowest BCUT2D eigenvalue weighted by molar-refractivity contribution is -0.386. The number of aromatic nitrogens is 1. The number of furan rings is 1. The van der Waals surface area contributed by atoms with Crippen molar-refractivity contribution in [1.82, 2.24) is 9.99 Å². The van der Waals surface area contributed by atoms with E-state index in [-0.39, 0.29) is 35.3 Å². The van der Waals surface area contributed by atoms with Crippen LogP contribution in [-0.2, 0) is 16.1 Å². The Bertz CT molecular complexity index is 1640. The number of amides is 1. The first-order chi connectivity index (χ1) is 20.6. The highest BCUT2D eigenvalue weighted by Gasteiger charge is 2.25. The van der Waals surface area contributed by atoms with Crippen LogP contribution in [0.25, 0.3) is 5.69 Å². The maximum absolute atomic E-state index is 12.5. The van der Waals surface area contributed by atoms with Crippen LogP contribution >= 0.6 is 11.6 Å². The van der Waals surface area contributed by atoms with Crippen molar-refractivity contribution in [2.24, 2.45) is 5.10 Å². The van der Waals surface area contributed by atoms with Crippen LogP contribution in [0.5, 0.6) is 11.5 Å². The number of nitrogens with one attached hydrogen (secondary N) is 1. The molecule has 0 aliphatic rings. The van der Waals surface area contributed by atoms with E-state index in [0.29, 0.717) is 11.5 Å². The molecule has 2 aromatic carbocycles. The number of carbonyl (C=O) groups excluding carboxylic acids is 2. The van der Waals surface area contributed by atoms with Gasteiger partial charge in [-0.3, -0.25) is 14.9 Å². The molecule has 1 atom stereocenters. The number of hydrogen-bond donors (Lipinski definition) is 1. The second-order valence-electron chi connectivity index (χ2n) is 9.32. The van der Waals surface area contributed by atoms with Crippen LogP contribution in [0.3, 0.4) is 0 Å². The first kappa shape index (κ1) is 30.8. The van der Waals surface area contributed by atoms with Gasteiger partial charge in [0.15, 0.2) is 11.9 Å². The topological polar surface area (TPSA) is 147 Å². The maximum atomic E-state index is 12.5. The van der Waals surface area contributed by atoms with Gasteiger partial charge in [0.2, 0.25) is 5.75 Å². The molecule has 12 nitrogen and oxygen atoms in total. The fourth-order valence-electron chi connectivity index (χ4n) is 4.13. The van der Waals surface area contributed by atoms with Crippen LogP contribution in [0, 0.1) is 24.0 Å². The number of halogens is 1. The van der Waals surface area contributed by atoms with E-state index in [1.54, 1.807) is 13.0 Å². The predicted octanol–water partition coefficient (Wildman–Crippen LogP) is 5.92. The largest absolute Gasteiger partial charge is 0.486 e. The molecule has 4 rings (SSSR count). The van der Waals surface area contributed by atoms with E-state index in [1.807, 2.05) is 38.1 Å². The van der Waals surface area contributed by atoms with Gasteiger partial charge < -0.3 is 23.2 Å². The van der Waals surface area contributed by atoms with E-state index in [4.69, 9.17) is 30.2 Å². The summed E-state index contributed by atoms with van der Waals surface area (Å²) in [7, 11) is 0. The van der Waals surface area contributed by atoms with Gasteiger partial charge in [0.1, 0.15) is 18.1 Å². The molecule has 43 heavy (non-hydrogen) atoms. The van der Waals surface area contributed by atoms with Gasteiger partial charge in [-0.05, 0) is 82.3 Å². The summed E-state index contributed by atoms with van der Waals surface area (Å²) in [6, 6.07) is 17.3. The molecule has 224 valence electrons. The number of hydrogen-bond acceptors (Lipinski definition) is 9. The normalized spacial score (nSPS) is 11.7. The smallest absolute Gasteiger partial charge is 0.347 e. The van der Waals surface area contributed by atoms with Crippen molar-refractivity contribution in [2.75, 3.05) is 6.61 Å². The third-order valence-electron chi connectivity index (χ3n) is 6.17. The Morgan fingerprint density at radius 1 is 1.12 bits per heavy atom.